The standard InChI is InChI=1S/C29H32BrF2N5O7/c1-14-6-16(30)8-17(7-14)37(20-10-35(13-39)11-21(20)40)29(42)28-27(43-3)25(26(41)22(12-38)44-28)36-9-19(33-34-36)18-5-4-15(2)23(31)24(18)32/h4-9,13,20-22,25-28,38,40-41H,10-12H2,1-3H3/t20-,21-,22-,25+,26+,27-,28-/m1/s1. The molecule has 7 atom stereocenters. The third-order valence-corrected chi connectivity index (χ3v) is 8.52. The van der Waals surface area contributed by atoms with Crippen LogP contribution >= 0.6 is 15.9 Å². The maximum atomic E-state index is 14.8. The minimum Gasteiger partial charge on any atom is -0.394 e. The monoisotopic (exact) mass is 679 g/mol. The lowest BCUT2D eigenvalue weighted by Gasteiger charge is -2.45. The SMILES string of the molecule is CO[C@@H]1[C@@H](n2cc(-c3ccc(C)c(F)c3F)nn2)[C@@H](O)[C@@H](CO)O[C@H]1C(=O)N(c1cc(C)cc(Br)c1)[C@@H]1CN(C=O)C[C@H]1O. The van der Waals surface area contributed by atoms with Crippen LogP contribution in [-0.2, 0) is 19.1 Å². The Labute approximate surface area is 259 Å². The van der Waals surface area contributed by atoms with Crippen molar-refractivity contribution in [3.05, 3.63) is 63.8 Å². The molecule has 5 rings (SSSR count). The molecule has 3 aromatic rings. The molecule has 2 amide bonds. The highest BCUT2D eigenvalue weighted by molar-refractivity contribution is 9.10. The summed E-state index contributed by atoms with van der Waals surface area (Å²) in [4.78, 5) is 28.7. The number of anilines is 1. The van der Waals surface area contributed by atoms with E-state index >= 15 is 0 Å². The van der Waals surface area contributed by atoms with Gasteiger partial charge in [-0.25, -0.2) is 13.5 Å². The van der Waals surface area contributed by atoms with Crippen molar-refractivity contribution in [2.75, 3.05) is 31.7 Å². The number of halogens is 3. The van der Waals surface area contributed by atoms with Crippen LogP contribution in [0.5, 0.6) is 0 Å². The molecule has 0 unspecified atom stereocenters. The normalized spacial score (nSPS) is 27.0. The molecule has 2 aliphatic rings. The van der Waals surface area contributed by atoms with Crippen LogP contribution in [0.15, 0.2) is 41.0 Å². The molecule has 2 aromatic carbocycles. The first-order valence-electron chi connectivity index (χ1n) is 13.8. The number of aliphatic hydroxyl groups excluding tert-OH is 3. The van der Waals surface area contributed by atoms with Gasteiger partial charge in [-0.05, 0) is 49.2 Å². The first-order valence-corrected chi connectivity index (χ1v) is 14.6. The lowest BCUT2D eigenvalue weighted by Crippen LogP contribution is -2.63. The van der Waals surface area contributed by atoms with E-state index in [0.29, 0.717) is 16.6 Å². The van der Waals surface area contributed by atoms with Crippen LogP contribution in [0.25, 0.3) is 11.3 Å². The molecule has 12 nitrogen and oxygen atoms in total. The Hall–Kier alpha value is -3.34. The molecule has 0 aliphatic carbocycles. The third-order valence-electron chi connectivity index (χ3n) is 8.06. The fourth-order valence-corrected chi connectivity index (χ4v) is 6.46. The fraction of sp³-hybridized carbons (Fsp3) is 0.448. The molecule has 2 fully saturated rings. The van der Waals surface area contributed by atoms with Crippen molar-refractivity contribution >= 4 is 33.9 Å². The van der Waals surface area contributed by atoms with Crippen molar-refractivity contribution in [2.24, 2.45) is 0 Å². The number of aryl methyl sites for hydroxylation is 2. The second-order valence-electron chi connectivity index (χ2n) is 11.0. The number of benzene rings is 2. The van der Waals surface area contributed by atoms with Gasteiger partial charge in [0.05, 0.1) is 24.9 Å². The number of aliphatic hydroxyl groups is 3. The highest BCUT2D eigenvalue weighted by atomic mass is 79.9. The zero-order valence-electron chi connectivity index (χ0n) is 24.0. The lowest BCUT2D eigenvalue weighted by atomic mass is 9.91. The topological polar surface area (TPSA) is 150 Å². The first kappa shape index (κ1) is 32.1. The molecule has 2 saturated heterocycles. The van der Waals surface area contributed by atoms with E-state index in [0.717, 1.165) is 5.56 Å². The van der Waals surface area contributed by atoms with Crippen molar-refractivity contribution in [1.82, 2.24) is 19.9 Å². The van der Waals surface area contributed by atoms with Gasteiger partial charge >= 0.3 is 0 Å². The molecule has 2 aliphatic heterocycles. The number of rotatable bonds is 8. The summed E-state index contributed by atoms with van der Waals surface area (Å²) in [7, 11) is 1.30. The summed E-state index contributed by atoms with van der Waals surface area (Å²) in [6, 6.07) is 5.96. The number of amides is 2. The summed E-state index contributed by atoms with van der Waals surface area (Å²) in [5.41, 5.74) is 1.12. The molecule has 3 heterocycles. The summed E-state index contributed by atoms with van der Waals surface area (Å²) in [6.45, 7) is 2.61. The second kappa shape index (κ2) is 12.9. The van der Waals surface area contributed by atoms with Crippen molar-refractivity contribution in [3.63, 3.8) is 0 Å². The smallest absolute Gasteiger partial charge is 0.259 e. The summed E-state index contributed by atoms with van der Waals surface area (Å²) in [6.07, 6.45) is -4.65. The Morgan fingerprint density at radius 1 is 1.20 bits per heavy atom. The van der Waals surface area contributed by atoms with Crippen LogP contribution in [0.1, 0.15) is 17.2 Å². The Bertz CT molecular complexity index is 1520. The summed E-state index contributed by atoms with van der Waals surface area (Å²) < 4.78 is 42.6. The largest absolute Gasteiger partial charge is 0.394 e. The predicted octanol–water partition coefficient (Wildman–Crippen LogP) is 1.51. The summed E-state index contributed by atoms with van der Waals surface area (Å²) >= 11 is 3.45. The second-order valence-corrected chi connectivity index (χ2v) is 11.9. The lowest BCUT2D eigenvalue weighted by molar-refractivity contribution is -0.211. The van der Waals surface area contributed by atoms with Crippen LogP contribution in [0, 0.1) is 25.5 Å². The predicted molar refractivity (Wildman–Crippen MR) is 155 cm³/mol. The zero-order chi connectivity index (χ0) is 31.9. The Morgan fingerprint density at radius 3 is 2.59 bits per heavy atom. The molecule has 44 heavy (non-hydrogen) atoms. The number of likely N-dealkylation sites (tertiary alicyclic amines) is 1. The Balaban J connectivity index is 1.56. The van der Waals surface area contributed by atoms with Crippen molar-refractivity contribution in [1.29, 1.82) is 0 Å². The van der Waals surface area contributed by atoms with Gasteiger partial charge in [0.15, 0.2) is 17.7 Å². The number of aromatic nitrogens is 3. The zero-order valence-corrected chi connectivity index (χ0v) is 25.6. The molecular formula is C29H32BrF2N5O7. The van der Waals surface area contributed by atoms with Gasteiger partial charge in [0, 0.05) is 35.9 Å². The number of nitrogens with zero attached hydrogens (tertiary/aromatic N) is 5. The molecule has 236 valence electrons. The van der Waals surface area contributed by atoms with E-state index in [1.54, 1.807) is 12.1 Å². The number of hydrogen-bond donors (Lipinski definition) is 3. The van der Waals surface area contributed by atoms with Gasteiger partial charge in [0.2, 0.25) is 6.41 Å². The molecule has 15 heteroatoms. The van der Waals surface area contributed by atoms with E-state index < -0.39 is 66.8 Å². The van der Waals surface area contributed by atoms with Crippen LogP contribution in [-0.4, -0.2) is 111 Å². The van der Waals surface area contributed by atoms with Gasteiger partial charge in [0.25, 0.3) is 5.91 Å². The summed E-state index contributed by atoms with van der Waals surface area (Å²) in [5.74, 6) is -2.82. The van der Waals surface area contributed by atoms with E-state index in [9.17, 15) is 33.7 Å². The number of hydrogen-bond acceptors (Lipinski definition) is 9. The molecular weight excluding hydrogens is 648 g/mol. The molecule has 3 N–H and O–H groups in total. The Kier molecular flexibility index (Phi) is 9.44. The van der Waals surface area contributed by atoms with Gasteiger partial charge in [0.1, 0.15) is 30.0 Å². The average Bonchev–Trinajstić information content (AvgIpc) is 3.62. The Morgan fingerprint density at radius 2 is 1.95 bits per heavy atom. The van der Waals surface area contributed by atoms with Gasteiger partial charge in [-0.1, -0.05) is 27.2 Å². The highest BCUT2D eigenvalue weighted by Crippen LogP contribution is 2.36. The van der Waals surface area contributed by atoms with E-state index in [1.807, 2.05) is 13.0 Å². The van der Waals surface area contributed by atoms with Crippen molar-refractivity contribution in [2.45, 2.75) is 56.5 Å². The van der Waals surface area contributed by atoms with Crippen LogP contribution in [0.3, 0.4) is 0 Å². The quantitative estimate of drug-likeness (QED) is 0.301. The molecule has 0 radical (unpaired) electrons. The van der Waals surface area contributed by atoms with Crippen molar-refractivity contribution in [3.8, 4) is 11.3 Å². The van der Waals surface area contributed by atoms with Crippen LogP contribution in [0.4, 0.5) is 14.5 Å². The maximum Gasteiger partial charge on any atom is 0.259 e. The van der Waals surface area contributed by atoms with Crippen LogP contribution in [0.2, 0.25) is 0 Å². The number of carbonyl (C=O) groups excluding carboxylic acids is 2. The third kappa shape index (κ3) is 5.87. The van der Waals surface area contributed by atoms with Crippen molar-refractivity contribution < 1.29 is 43.2 Å². The number of ether oxygens (including phenoxy) is 2. The minimum atomic E-state index is -1.47. The fourth-order valence-electron chi connectivity index (χ4n) is 5.86. The van der Waals surface area contributed by atoms with E-state index in [1.165, 1.54) is 46.8 Å². The molecule has 0 spiro atoms. The first-order chi connectivity index (χ1) is 21.0. The van der Waals surface area contributed by atoms with E-state index in [4.69, 9.17) is 9.47 Å². The summed E-state index contributed by atoms with van der Waals surface area (Å²) in [5, 5.41) is 40.3. The maximum absolute atomic E-state index is 14.8. The van der Waals surface area contributed by atoms with Gasteiger partial charge in [-0.15, -0.1) is 5.10 Å². The van der Waals surface area contributed by atoms with E-state index in [-0.39, 0.29) is 29.9 Å². The highest BCUT2D eigenvalue weighted by Gasteiger charge is 2.52. The number of methoxy groups -OCH3 is 1. The van der Waals surface area contributed by atoms with Crippen LogP contribution < -0.4 is 4.90 Å². The molecule has 0 bridgehead atoms. The molecule has 0 saturated carbocycles. The number of carbonyl (C=O) groups is 2. The average molecular weight is 681 g/mol. The minimum absolute atomic E-state index is 0.00264. The molecule has 1 aromatic heterocycles. The van der Waals surface area contributed by atoms with Gasteiger partial charge in [-0.3, -0.25) is 9.59 Å². The van der Waals surface area contributed by atoms with Gasteiger partial charge < -0.3 is 34.6 Å². The van der Waals surface area contributed by atoms with Gasteiger partial charge in [-0.2, -0.15) is 0 Å². The van der Waals surface area contributed by atoms with E-state index in [2.05, 4.69) is 26.2 Å². The number of β-amino-alcohol motifs (C(OH)–C–C–N with tert-alkyl or cyclic N) is 1.